The number of nitro benzene ring substituents is 1. The van der Waals surface area contributed by atoms with Crippen LogP contribution in [-0.2, 0) is 4.79 Å². The zero-order chi connectivity index (χ0) is 21.8. The maximum absolute atomic E-state index is 12.4. The molecule has 0 spiro atoms. The third-order valence-corrected chi connectivity index (χ3v) is 5.27. The number of aryl methyl sites for hydroxylation is 1. The Kier molecular flexibility index (Phi) is 6.03. The van der Waals surface area contributed by atoms with Crippen LogP contribution < -0.4 is 5.32 Å². The van der Waals surface area contributed by atoms with E-state index in [0.717, 1.165) is 10.6 Å². The molecule has 0 unspecified atom stereocenters. The standard InChI is InChI=1S/C20H17N5O4S/c1-11(2)19-23-24-20(30-19)22-18(26)13(10-21)8-15-6-7-17(29-15)16-9-14(25(27)28)5-4-12(16)3/h4-9,11H,1-3H3,(H,22,24,26)/b13-8-. The Balaban J connectivity index is 1.83. The molecule has 1 aromatic carbocycles. The van der Waals surface area contributed by atoms with Crippen molar-refractivity contribution in [1.82, 2.24) is 10.2 Å². The SMILES string of the molecule is Cc1ccc([N+](=O)[O-])cc1-c1ccc(/C=C(/C#N)C(=O)Nc2nnc(C(C)C)s2)o1. The molecular weight excluding hydrogens is 406 g/mol. The number of carbonyl (C=O) groups is 1. The minimum atomic E-state index is -0.631. The zero-order valence-electron chi connectivity index (χ0n) is 16.4. The van der Waals surface area contributed by atoms with Crippen LogP contribution in [0.1, 0.15) is 36.1 Å². The number of hydrogen-bond acceptors (Lipinski definition) is 8. The number of nitro groups is 1. The number of benzene rings is 1. The van der Waals surface area contributed by atoms with Gasteiger partial charge in [-0.05, 0) is 24.6 Å². The van der Waals surface area contributed by atoms with Crippen LogP contribution in [0, 0.1) is 28.4 Å². The molecule has 0 saturated heterocycles. The van der Waals surface area contributed by atoms with Gasteiger partial charge in [-0.3, -0.25) is 20.2 Å². The maximum atomic E-state index is 12.4. The molecule has 9 nitrogen and oxygen atoms in total. The molecular formula is C20H17N5O4S. The van der Waals surface area contributed by atoms with E-state index in [2.05, 4.69) is 15.5 Å². The first-order valence-corrected chi connectivity index (χ1v) is 9.72. The maximum Gasteiger partial charge on any atom is 0.270 e. The van der Waals surface area contributed by atoms with Gasteiger partial charge in [-0.2, -0.15) is 5.26 Å². The Morgan fingerprint density at radius 3 is 2.73 bits per heavy atom. The van der Waals surface area contributed by atoms with E-state index in [1.54, 1.807) is 25.1 Å². The van der Waals surface area contributed by atoms with Crippen LogP contribution in [0.4, 0.5) is 10.8 Å². The monoisotopic (exact) mass is 423 g/mol. The summed E-state index contributed by atoms with van der Waals surface area (Å²) >= 11 is 1.24. The molecule has 0 aliphatic heterocycles. The first-order valence-electron chi connectivity index (χ1n) is 8.90. The van der Waals surface area contributed by atoms with Crippen molar-refractivity contribution in [3.8, 4) is 17.4 Å². The van der Waals surface area contributed by atoms with E-state index in [9.17, 15) is 20.2 Å². The second kappa shape index (κ2) is 8.67. The first-order chi connectivity index (χ1) is 14.3. The molecule has 0 radical (unpaired) electrons. The molecule has 30 heavy (non-hydrogen) atoms. The predicted molar refractivity (Wildman–Crippen MR) is 112 cm³/mol. The van der Waals surface area contributed by atoms with Crippen LogP contribution in [0.15, 0.2) is 40.3 Å². The lowest BCUT2D eigenvalue weighted by molar-refractivity contribution is -0.384. The number of aromatic nitrogens is 2. The molecule has 3 aromatic rings. The number of non-ortho nitro benzene ring substituents is 1. The molecule has 1 N–H and O–H groups in total. The molecule has 0 bridgehead atoms. The fourth-order valence-corrected chi connectivity index (χ4v) is 3.28. The lowest BCUT2D eigenvalue weighted by Crippen LogP contribution is -2.13. The van der Waals surface area contributed by atoms with Crippen molar-refractivity contribution in [2.24, 2.45) is 0 Å². The smallest absolute Gasteiger partial charge is 0.270 e. The second-order valence-corrected chi connectivity index (χ2v) is 7.69. The highest BCUT2D eigenvalue weighted by molar-refractivity contribution is 7.15. The van der Waals surface area contributed by atoms with E-state index in [0.29, 0.717) is 16.5 Å². The number of amides is 1. The summed E-state index contributed by atoms with van der Waals surface area (Å²) in [4.78, 5) is 22.9. The largest absolute Gasteiger partial charge is 0.457 e. The van der Waals surface area contributed by atoms with Crippen molar-refractivity contribution in [3.63, 3.8) is 0 Å². The van der Waals surface area contributed by atoms with Gasteiger partial charge < -0.3 is 4.42 Å². The molecule has 2 aromatic heterocycles. The van der Waals surface area contributed by atoms with Crippen molar-refractivity contribution in [3.05, 3.63) is 62.4 Å². The summed E-state index contributed by atoms with van der Waals surface area (Å²) in [6, 6.07) is 9.52. The number of nitrogens with one attached hydrogen (secondary N) is 1. The van der Waals surface area contributed by atoms with Crippen molar-refractivity contribution in [1.29, 1.82) is 5.26 Å². The van der Waals surface area contributed by atoms with E-state index < -0.39 is 10.8 Å². The van der Waals surface area contributed by atoms with E-state index >= 15 is 0 Å². The summed E-state index contributed by atoms with van der Waals surface area (Å²) in [6.45, 7) is 5.73. The first kappa shape index (κ1) is 20.9. The number of rotatable bonds is 6. The van der Waals surface area contributed by atoms with Gasteiger partial charge in [-0.15, -0.1) is 10.2 Å². The van der Waals surface area contributed by atoms with Gasteiger partial charge in [0.15, 0.2) is 0 Å². The average Bonchev–Trinajstić information content (AvgIpc) is 3.35. The summed E-state index contributed by atoms with van der Waals surface area (Å²) in [5, 5.41) is 31.9. The highest BCUT2D eigenvalue weighted by Gasteiger charge is 2.16. The van der Waals surface area contributed by atoms with E-state index in [1.807, 2.05) is 19.9 Å². The summed E-state index contributed by atoms with van der Waals surface area (Å²) in [5.74, 6) is 0.208. The topological polar surface area (TPSA) is 135 Å². The average molecular weight is 423 g/mol. The van der Waals surface area contributed by atoms with Gasteiger partial charge in [0.25, 0.3) is 11.6 Å². The molecule has 10 heteroatoms. The van der Waals surface area contributed by atoms with Crippen LogP contribution in [0.2, 0.25) is 0 Å². The summed E-state index contributed by atoms with van der Waals surface area (Å²) < 4.78 is 5.70. The van der Waals surface area contributed by atoms with Crippen molar-refractivity contribution >= 4 is 34.1 Å². The minimum Gasteiger partial charge on any atom is -0.457 e. The molecule has 2 heterocycles. The van der Waals surface area contributed by atoms with Gasteiger partial charge in [0.2, 0.25) is 5.13 Å². The Morgan fingerprint density at radius 1 is 1.33 bits per heavy atom. The highest BCUT2D eigenvalue weighted by atomic mass is 32.1. The number of nitrogens with zero attached hydrogens (tertiary/aromatic N) is 4. The quantitative estimate of drug-likeness (QED) is 0.263. The van der Waals surface area contributed by atoms with Gasteiger partial charge in [0.1, 0.15) is 28.2 Å². The Morgan fingerprint density at radius 2 is 2.10 bits per heavy atom. The Labute approximate surface area is 175 Å². The van der Waals surface area contributed by atoms with E-state index in [-0.39, 0.29) is 22.9 Å². The molecule has 3 rings (SSSR count). The minimum absolute atomic E-state index is 0.0565. The number of anilines is 1. The third-order valence-electron chi connectivity index (χ3n) is 4.13. The van der Waals surface area contributed by atoms with Gasteiger partial charge >= 0.3 is 0 Å². The van der Waals surface area contributed by atoms with Crippen LogP contribution >= 0.6 is 11.3 Å². The Bertz CT molecular complexity index is 1190. The molecule has 152 valence electrons. The zero-order valence-corrected chi connectivity index (χ0v) is 17.2. The van der Waals surface area contributed by atoms with Crippen molar-refractivity contribution in [2.75, 3.05) is 5.32 Å². The lowest BCUT2D eigenvalue weighted by Gasteiger charge is -2.02. The van der Waals surface area contributed by atoms with E-state index in [1.165, 1.54) is 29.5 Å². The van der Waals surface area contributed by atoms with Crippen LogP contribution in [0.3, 0.4) is 0 Å². The van der Waals surface area contributed by atoms with Gasteiger partial charge in [-0.25, -0.2) is 0 Å². The summed E-state index contributed by atoms with van der Waals surface area (Å²) in [6.07, 6.45) is 1.30. The van der Waals surface area contributed by atoms with Gasteiger partial charge in [-0.1, -0.05) is 31.3 Å². The molecule has 1 amide bonds. The van der Waals surface area contributed by atoms with Gasteiger partial charge in [0, 0.05) is 29.7 Å². The number of furan rings is 1. The molecule has 0 aliphatic rings. The van der Waals surface area contributed by atoms with Crippen LogP contribution in [0.25, 0.3) is 17.4 Å². The van der Waals surface area contributed by atoms with Crippen molar-refractivity contribution < 1.29 is 14.1 Å². The fourth-order valence-electron chi connectivity index (χ4n) is 2.54. The highest BCUT2D eigenvalue weighted by Crippen LogP contribution is 2.30. The third kappa shape index (κ3) is 4.59. The van der Waals surface area contributed by atoms with Gasteiger partial charge in [0.05, 0.1) is 4.92 Å². The summed E-state index contributed by atoms with van der Waals surface area (Å²) in [5.41, 5.74) is 1.12. The molecule has 0 fully saturated rings. The molecule has 0 aliphatic carbocycles. The number of carbonyl (C=O) groups excluding carboxylic acids is 1. The lowest BCUT2D eigenvalue weighted by atomic mass is 10.1. The predicted octanol–water partition coefficient (Wildman–Crippen LogP) is 4.68. The molecule has 0 saturated carbocycles. The van der Waals surface area contributed by atoms with Crippen LogP contribution in [-0.4, -0.2) is 21.0 Å². The fraction of sp³-hybridized carbons (Fsp3) is 0.200. The number of hydrogen-bond donors (Lipinski definition) is 1. The van der Waals surface area contributed by atoms with Crippen LogP contribution in [0.5, 0.6) is 0 Å². The van der Waals surface area contributed by atoms with E-state index in [4.69, 9.17) is 4.42 Å². The number of nitriles is 1. The normalized spacial score (nSPS) is 11.4. The Hall–Kier alpha value is -3.84. The molecule has 0 atom stereocenters. The second-order valence-electron chi connectivity index (χ2n) is 6.68. The summed E-state index contributed by atoms with van der Waals surface area (Å²) in [7, 11) is 0. The van der Waals surface area contributed by atoms with Crippen molar-refractivity contribution in [2.45, 2.75) is 26.7 Å².